The number of nitrogens with zero attached hydrogens (tertiary/aromatic N) is 2. The van der Waals surface area contributed by atoms with E-state index < -0.39 is 0 Å². The molecule has 5 nitrogen and oxygen atoms in total. The minimum absolute atomic E-state index is 0.0774. The molecule has 0 saturated heterocycles. The second kappa shape index (κ2) is 7.55. The van der Waals surface area contributed by atoms with Gasteiger partial charge < -0.3 is 10.1 Å². The van der Waals surface area contributed by atoms with Gasteiger partial charge in [-0.3, -0.25) is 4.79 Å². The number of methoxy groups -OCH3 is 1. The number of pyridine rings is 1. The van der Waals surface area contributed by atoms with E-state index in [1.807, 2.05) is 60.7 Å². The maximum absolute atomic E-state index is 12.4. The number of carbonyl (C=O) groups is 1. The van der Waals surface area contributed by atoms with Gasteiger partial charge >= 0.3 is 0 Å². The molecule has 0 aliphatic heterocycles. The molecule has 0 spiro atoms. The van der Waals surface area contributed by atoms with Crippen LogP contribution in [0.25, 0.3) is 20.9 Å². The normalized spacial score (nSPS) is 10.7. The highest BCUT2D eigenvalue weighted by atomic mass is 32.1. The first-order valence-electron chi connectivity index (χ1n) is 8.46. The van der Waals surface area contributed by atoms with Crippen molar-refractivity contribution in [2.75, 3.05) is 12.4 Å². The van der Waals surface area contributed by atoms with Crippen LogP contribution in [0.3, 0.4) is 0 Å². The van der Waals surface area contributed by atoms with Gasteiger partial charge in [-0.05, 0) is 42.0 Å². The number of fused-ring (bicyclic) bond motifs is 1. The first-order chi connectivity index (χ1) is 13.2. The average Bonchev–Trinajstić information content (AvgIpc) is 3.12. The second-order valence-electron chi connectivity index (χ2n) is 6.00. The van der Waals surface area contributed by atoms with Crippen LogP contribution in [0.5, 0.6) is 5.75 Å². The molecule has 0 aliphatic rings. The number of nitrogens with one attached hydrogen (secondary N) is 1. The molecule has 2 aromatic carbocycles. The van der Waals surface area contributed by atoms with Crippen LogP contribution >= 0.6 is 11.3 Å². The Balaban J connectivity index is 1.51. The van der Waals surface area contributed by atoms with E-state index >= 15 is 0 Å². The number of thiazole rings is 1. The Morgan fingerprint density at radius 3 is 2.85 bits per heavy atom. The number of rotatable bonds is 5. The molecule has 4 rings (SSSR count). The third kappa shape index (κ3) is 3.96. The molecule has 6 heteroatoms. The Kier molecular flexibility index (Phi) is 4.80. The number of carbonyl (C=O) groups excluding carboxylic acids is 1. The summed E-state index contributed by atoms with van der Waals surface area (Å²) in [6.45, 7) is 0. The van der Waals surface area contributed by atoms with Crippen molar-refractivity contribution in [3.63, 3.8) is 0 Å². The number of amides is 1. The number of aromatic nitrogens is 2. The van der Waals surface area contributed by atoms with Gasteiger partial charge in [-0.2, -0.15) is 0 Å². The van der Waals surface area contributed by atoms with Crippen LogP contribution in [-0.4, -0.2) is 23.0 Å². The van der Waals surface area contributed by atoms with Gasteiger partial charge in [0.1, 0.15) is 21.1 Å². The molecule has 2 aromatic heterocycles. The van der Waals surface area contributed by atoms with E-state index in [9.17, 15) is 4.79 Å². The van der Waals surface area contributed by atoms with Gasteiger partial charge in [-0.1, -0.05) is 35.6 Å². The molecule has 0 bridgehead atoms. The van der Waals surface area contributed by atoms with Crippen molar-refractivity contribution in [1.29, 1.82) is 0 Å². The second-order valence-corrected chi connectivity index (χ2v) is 6.98. The van der Waals surface area contributed by atoms with E-state index in [0.29, 0.717) is 0 Å². The van der Waals surface area contributed by atoms with Gasteiger partial charge in [0.05, 0.1) is 13.5 Å². The van der Waals surface area contributed by atoms with E-state index in [-0.39, 0.29) is 12.3 Å². The van der Waals surface area contributed by atoms with Crippen molar-refractivity contribution in [3.8, 4) is 16.3 Å². The van der Waals surface area contributed by atoms with Gasteiger partial charge in [0.2, 0.25) is 5.91 Å². The first-order valence-corrected chi connectivity index (χ1v) is 9.28. The van der Waals surface area contributed by atoms with Crippen molar-refractivity contribution in [3.05, 3.63) is 72.4 Å². The smallest absolute Gasteiger partial charge is 0.228 e. The van der Waals surface area contributed by atoms with E-state index in [1.165, 1.54) is 11.3 Å². The van der Waals surface area contributed by atoms with Gasteiger partial charge in [-0.15, -0.1) is 0 Å². The molecule has 2 heterocycles. The summed E-state index contributed by atoms with van der Waals surface area (Å²) in [5, 5.41) is 3.84. The largest absolute Gasteiger partial charge is 0.497 e. The van der Waals surface area contributed by atoms with Crippen LogP contribution in [0.1, 0.15) is 5.56 Å². The third-order valence-corrected chi connectivity index (χ3v) is 5.09. The summed E-state index contributed by atoms with van der Waals surface area (Å²) in [6.07, 6.45) is 2.05. The summed E-state index contributed by atoms with van der Waals surface area (Å²) >= 11 is 1.54. The Hall–Kier alpha value is -3.25. The van der Waals surface area contributed by atoms with Crippen LogP contribution in [0.2, 0.25) is 0 Å². The van der Waals surface area contributed by atoms with Gasteiger partial charge in [0, 0.05) is 17.4 Å². The highest BCUT2D eigenvalue weighted by Crippen LogP contribution is 2.30. The van der Waals surface area contributed by atoms with Crippen LogP contribution in [0.4, 0.5) is 5.69 Å². The lowest BCUT2D eigenvalue weighted by molar-refractivity contribution is -0.115. The zero-order valence-corrected chi connectivity index (χ0v) is 15.5. The van der Waals surface area contributed by atoms with Crippen molar-refractivity contribution in [1.82, 2.24) is 9.97 Å². The number of anilines is 1. The SMILES string of the molecule is COc1cccc(CC(=O)Nc2cccc(-c3nc4cccnc4s3)c2)c1. The number of hydrogen-bond acceptors (Lipinski definition) is 5. The lowest BCUT2D eigenvalue weighted by atomic mass is 10.1. The predicted molar refractivity (Wildman–Crippen MR) is 108 cm³/mol. The molecule has 0 unspecified atom stereocenters. The molecule has 0 aliphatic carbocycles. The van der Waals surface area contributed by atoms with Crippen molar-refractivity contribution in [2.45, 2.75) is 6.42 Å². The van der Waals surface area contributed by atoms with Crippen LogP contribution in [-0.2, 0) is 11.2 Å². The Morgan fingerprint density at radius 1 is 1.11 bits per heavy atom. The fraction of sp³-hybridized carbons (Fsp3) is 0.0952. The maximum Gasteiger partial charge on any atom is 0.228 e. The third-order valence-electron chi connectivity index (χ3n) is 4.06. The number of benzene rings is 2. The van der Waals surface area contributed by atoms with Crippen LogP contribution < -0.4 is 10.1 Å². The molecular weight excluding hydrogens is 358 g/mol. The van der Waals surface area contributed by atoms with E-state index in [0.717, 1.165) is 37.9 Å². The fourth-order valence-electron chi connectivity index (χ4n) is 2.80. The van der Waals surface area contributed by atoms with Gasteiger partial charge in [-0.25, -0.2) is 9.97 Å². The molecule has 4 aromatic rings. The molecule has 1 amide bonds. The lowest BCUT2D eigenvalue weighted by Gasteiger charge is -2.07. The summed E-state index contributed by atoms with van der Waals surface area (Å²) in [7, 11) is 1.61. The standard InChI is InChI=1S/C21H17N3O2S/c1-26-17-8-2-5-14(11-17)12-19(25)23-16-7-3-6-15(13-16)20-24-18-9-4-10-22-21(18)27-20/h2-11,13H,12H2,1H3,(H,23,25). The number of ether oxygens (including phenoxy) is 1. The maximum atomic E-state index is 12.4. The molecule has 134 valence electrons. The fourth-order valence-corrected chi connectivity index (χ4v) is 3.70. The Bertz CT molecular complexity index is 1070. The molecule has 0 radical (unpaired) electrons. The average molecular weight is 375 g/mol. The van der Waals surface area contributed by atoms with E-state index in [1.54, 1.807) is 13.3 Å². The molecular formula is C21H17N3O2S. The molecule has 0 saturated carbocycles. The molecule has 0 atom stereocenters. The summed E-state index contributed by atoms with van der Waals surface area (Å²) in [5.41, 5.74) is 3.48. The summed E-state index contributed by atoms with van der Waals surface area (Å²) in [6, 6.07) is 19.0. The van der Waals surface area contributed by atoms with E-state index in [4.69, 9.17) is 4.74 Å². The lowest BCUT2D eigenvalue weighted by Crippen LogP contribution is -2.14. The zero-order valence-electron chi connectivity index (χ0n) is 14.7. The quantitative estimate of drug-likeness (QED) is 0.556. The zero-order chi connectivity index (χ0) is 18.6. The first kappa shape index (κ1) is 17.2. The minimum atomic E-state index is -0.0774. The highest BCUT2D eigenvalue weighted by molar-refractivity contribution is 7.21. The van der Waals surface area contributed by atoms with Crippen molar-refractivity contribution in [2.24, 2.45) is 0 Å². The predicted octanol–water partition coefficient (Wildman–Crippen LogP) is 4.55. The van der Waals surface area contributed by atoms with Gasteiger partial charge in [0.15, 0.2) is 0 Å². The molecule has 0 fully saturated rings. The summed E-state index contributed by atoms with van der Waals surface area (Å²) in [5.74, 6) is 0.665. The van der Waals surface area contributed by atoms with E-state index in [2.05, 4.69) is 15.3 Å². The van der Waals surface area contributed by atoms with Crippen LogP contribution in [0.15, 0.2) is 66.9 Å². The highest BCUT2D eigenvalue weighted by Gasteiger charge is 2.09. The summed E-state index contributed by atoms with van der Waals surface area (Å²) < 4.78 is 5.20. The molecule has 27 heavy (non-hydrogen) atoms. The Morgan fingerprint density at radius 2 is 2.00 bits per heavy atom. The van der Waals surface area contributed by atoms with Crippen LogP contribution in [0, 0.1) is 0 Å². The minimum Gasteiger partial charge on any atom is -0.497 e. The number of hydrogen-bond donors (Lipinski definition) is 1. The van der Waals surface area contributed by atoms with Crippen molar-refractivity contribution >= 4 is 33.3 Å². The summed E-state index contributed by atoms with van der Waals surface area (Å²) in [4.78, 5) is 22.3. The van der Waals surface area contributed by atoms with Crippen molar-refractivity contribution < 1.29 is 9.53 Å². The monoisotopic (exact) mass is 375 g/mol. The Labute approximate surface area is 160 Å². The van der Waals surface area contributed by atoms with Gasteiger partial charge in [0.25, 0.3) is 0 Å². The molecule has 1 N–H and O–H groups in total. The topological polar surface area (TPSA) is 64.1 Å².